The third-order valence-corrected chi connectivity index (χ3v) is 2.47. The highest BCUT2D eigenvalue weighted by Gasteiger charge is 2.06. The normalized spacial score (nSPS) is 12.6. The van der Waals surface area contributed by atoms with Crippen molar-refractivity contribution in [3.63, 3.8) is 0 Å². The first-order valence-electron chi connectivity index (χ1n) is 5.22. The molecule has 1 aromatic heterocycles. The van der Waals surface area contributed by atoms with Crippen molar-refractivity contribution in [2.75, 3.05) is 6.61 Å². The summed E-state index contributed by atoms with van der Waals surface area (Å²) in [5.74, 6) is 0. The van der Waals surface area contributed by atoms with Crippen molar-refractivity contribution in [2.24, 2.45) is 5.73 Å². The van der Waals surface area contributed by atoms with Crippen LogP contribution in [0.4, 0.5) is 0 Å². The van der Waals surface area contributed by atoms with Gasteiger partial charge in [-0.05, 0) is 5.56 Å². The lowest BCUT2D eigenvalue weighted by Gasteiger charge is -2.03. The molecule has 1 unspecified atom stereocenters. The van der Waals surface area contributed by atoms with Crippen LogP contribution in [0.5, 0.6) is 0 Å². The van der Waals surface area contributed by atoms with E-state index in [4.69, 9.17) is 10.8 Å². The number of nitrogens with two attached hydrogens (primary N) is 1. The molecule has 1 heterocycles. The highest BCUT2D eigenvalue weighted by molar-refractivity contribution is 5.16. The third kappa shape index (κ3) is 2.48. The lowest BCUT2D eigenvalue weighted by molar-refractivity contribution is 0.268. The summed E-state index contributed by atoms with van der Waals surface area (Å²) in [5, 5.41) is 13.1. The quantitative estimate of drug-likeness (QED) is 0.800. The first-order valence-corrected chi connectivity index (χ1v) is 5.22. The highest BCUT2D eigenvalue weighted by Crippen LogP contribution is 2.09. The molecule has 1 atom stereocenters. The fourth-order valence-electron chi connectivity index (χ4n) is 1.53. The molecular weight excluding hydrogens is 202 g/mol. The lowest BCUT2D eigenvalue weighted by atomic mass is 10.2. The summed E-state index contributed by atoms with van der Waals surface area (Å²) in [6.07, 6.45) is 3.57. The third-order valence-electron chi connectivity index (χ3n) is 2.47. The van der Waals surface area contributed by atoms with Gasteiger partial charge in [0, 0.05) is 11.8 Å². The van der Waals surface area contributed by atoms with E-state index in [1.165, 1.54) is 5.56 Å². The van der Waals surface area contributed by atoms with Crippen molar-refractivity contribution in [1.82, 2.24) is 9.78 Å². The number of aromatic nitrogens is 2. The van der Waals surface area contributed by atoms with Crippen molar-refractivity contribution in [3.8, 4) is 0 Å². The Morgan fingerprint density at radius 2 is 2.06 bits per heavy atom. The highest BCUT2D eigenvalue weighted by atomic mass is 16.3. The Hall–Kier alpha value is -1.65. The van der Waals surface area contributed by atoms with E-state index in [9.17, 15) is 0 Å². The SMILES string of the molecule is NC(CO)c1cnn(Cc2ccccc2)c1. The molecule has 16 heavy (non-hydrogen) atoms. The summed E-state index contributed by atoms with van der Waals surface area (Å²) in [5.41, 5.74) is 7.75. The molecule has 4 nitrogen and oxygen atoms in total. The molecule has 0 fully saturated rings. The summed E-state index contributed by atoms with van der Waals surface area (Å²) < 4.78 is 1.82. The zero-order valence-corrected chi connectivity index (χ0v) is 8.95. The van der Waals surface area contributed by atoms with E-state index in [1.54, 1.807) is 6.20 Å². The van der Waals surface area contributed by atoms with Gasteiger partial charge < -0.3 is 10.8 Å². The molecule has 84 valence electrons. The molecule has 0 aliphatic rings. The molecule has 0 saturated carbocycles. The predicted octanol–water partition coefficient (Wildman–Crippen LogP) is 0.923. The molecule has 2 rings (SSSR count). The van der Waals surface area contributed by atoms with Gasteiger partial charge in [0.25, 0.3) is 0 Å². The smallest absolute Gasteiger partial charge is 0.0659 e. The van der Waals surface area contributed by atoms with E-state index in [2.05, 4.69) is 5.10 Å². The minimum absolute atomic E-state index is 0.0585. The summed E-state index contributed by atoms with van der Waals surface area (Å²) in [6.45, 7) is 0.663. The van der Waals surface area contributed by atoms with Crippen LogP contribution in [0.15, 0.2) is 42.7 Å². The van der Waals surface area contributed by atoms with Crippen molar-refractivity contribution < 1.29 is 5.11 Å². The van der Waals surface area contributed by atoms with Crippen LogP contribution in [0.25, 0.3) is 0 Å². The van der Waals surface area contributed by atoms with E-state index in [-0.39, 0.29) is 12.6 Å². The molecule has 0 aliphatic heterocycles. The van der Waals surface area contributed by atoms with Gasteiger partial charge in [0.15, 0.2) is 0 Å². The van der Waals surface area contributed by atoms with Gasteiger partial charge in [-0.1, -0.05) is 30.3 Å². The Kier molecular flexibility index (Phi) is 3.34. The van der Waals surface area contributed by atoms with Gasteiger partial charge in [-0.2, -0.15) is 5.10 Å². The summed E-state index contributed by atoms with van der Waals surface area (Å²) in [4.78, 5) is 0. The van der Waals surface area contributed by atoms with Crippen molar-refractivity contribution >= 4 is 0 Å². The maximum absolute atomic E-state index is 8.93. The molecule has 0 bridgehead atoms. The topological polar surface area (TPSA) is 64.1 Å². The molecule has 0 radical (unpaired) electrons. The van der Waals surface area contributed by atoms with Gasteiger partial charge in [0.1, 0.15) is 0 Å². The molecule has 0 saturated heterocycles. The summed E-state index contributed by atoms with van der Waals surface area (Å²) >= 11 is 0. The number of rotatable bonds is 4. The molecular formula is C12H15N3O. The Labute approximate surface area is 94.3 Å². The average molecular weight is 217 g/mol. The molecule has 1 aromatic carbocycles. The predicted molar refractivity (Wildman–Crippen MR) is 61.8 cm³/mol. The monoisotopic (exact) mass is 217 g/mol. The largest absolute Gasteiger partial charge is 0.394 e. The Balaban J connectivity index is 2.09. The van der Waals surface area contributed by atoms with E-state index >= 15 is 0 Å². The second-order valence-corrected chi connectivity index (χ2v) is 3.75. The minimum atomic E-state index is -0.343. The Bertz CT molecular complexity index is 439. The lowest BCUT2D eigenvalue weighted by Crippen LogP contribution is -2.13. The fraction of sp³-hybridized carbons (Fsp3) is 0.250. The van der Waals surface area contributed by atoms with Crippen LogP contribution in [0.1, 0.15) is 17.2 Å². The van der Waals surface area contributed by atoms with Crippen molar-refractivity contribution in [3.05, 3.63) is 53.9 Å². The molecule has 2 aromatic rings. The number of benzene rings is 1. The van der Waals surface area contributed by atoms with Crippen LogP contribution < -0.4 is 5.73 Å². The van der Waals surface area contributed by atoms with Crippen LogP contribution in [-0.4, -0.2) is 21.5 Å². The average Bonchev–Trinajstić information content (AvgIpc) is 2.78. The number of aliphatic hydroxyl groups is 1. The van der Waals surface area contributed by atoms with Crippen molar-refractivity contribution in [1.29, 1.82) is 0 Å². The van der Waals surface area contributed by atoms with Gasteiger partial charge in [-0.15, -0.1) is 0 Å². The van der Waals surface area contributed by atoms with Crippen LogP contribution in [0.3, 0.4) is 0 Å². The Morgan fingerprint density at radius 1 is 1.31 bits per heavy atom. The maximum Gasteiger partial charge on any atom is 0.0659 e. The number of nitrogens with zero attached hydrogens (tertiary/aromatic N) is 2. The van der Waals surface area contributed by atoms with Crippen LogP contribution in [-0.2, 0) is 6.54 Å². The number of aliphatic hydroxyl groups excluding tert-OH is 1. The number of hydrogen-bond donors (Lipinski definition) is 2. The Morgan fingerprint density at radius 3 is 2.75 bits per heavy atom. The van der Waals surface area contributed by atoms with Crippen LogP contribution in [0, 0.1) is 0 Å². The zero-order valence-electron chi connectivity index (χ0n) is 8.95. The van der Waals surface area contributed by atoms with Crippen LogP contribution >= 0.6 is 0 Å². The zero-order chi connectivity index (χ0) is 11.4. The molecule has 0 spiro atoms. The van der Waals surface area contributed by atoms with Gasteiger partial charge >= 0.3 is 0 Å². The molecule has 4 heteroatoms. The van der Waals surface area contributed by atoms with E-state index < -0.39 is 0 Å². The molecule has 0 aliphatic carbocycles. The van der Waals surface area contributed by atoms with Gasteiger partial charge in [0.05, 0.1) is 25.4 Å². The second kappa shape index (κ2) is 4.92. The second-order valence-electron chi connectivity index (χ2n) is 3.75. The van der Waals surface area contributed by atoms with Crippen molar-refractivity contribution in [2.45, 2.75) is 12.6 Å². The number of hydrogen-bond acceptors (Lipinski definition) is 3. The van der Waals surface area contributed by atoms with E-state index in [0.29, 0.717) is 0 Å². The van der Waals surface area contributed by atoms with Gasteiger partial charge in [0.2, 0.25) is 0 Å². The first-order chi connectivity index (χ1) is 7.79. The standard InChI is InChI=1S/C12H15N3O/c13-12(9-16)11-6-14-15(8-11)7-10-4-2-1-3-5-10/h1-6,8,12,16H,7,9,13H2. The van der Waals surface area contributed by atoms with Gasteiger partial charge in [-0.25, -0.2) is 0 Å². The summed E-state index contributed by atoms with van der Waals surface area (Å²) in [7, 11) is 0. The van der Waals surface area contributed by atoms with E-state index in [0.717, 1.165) is 12.1 Å². The minimum Gasteiger partial charge on any atom is -0.394 e. The first kappa shape index (κ1) is 10.9. The molecule has 0 amide bonds. The molecule has 3 N–H and O–H groups in total. The maximum atomic E-state index is 8.93. The van der Waals surface area contributed by atoms with Crippen LogP contribution in [0.2, 0.25) is 0 Å². The summed E-state index contributed by atoms with van der Waals surface area (Å²) in [6, 6.07) is 9.74. The van der Waals surface area contributed by atoms with E-state index in [1.807, 2.05) is 41.2 Å². The van der Waals surface area contributed by atoms with Gasteiger partial charge in [-0.3, -0.25) is 4.68 Å². The fourth-order valence-corrected chi connectivity index (χ4v) is 1.53.